The van der Waals surface area contributed by atoms with E-state index in [1.165, 1.54) is 17.3 Å². The smallest absolute Gasteiger partial charge is 0.312 e. The summed E-state index contributed by atoms with van der Waals surface area (Å²) in [7, 11) is 2.00. The fourth-order valence-electron chi connectivity index (χ4n) is 2.98. The number of Topliss-reactive ketones (excluding diaryl/α,β-unsaturated/α-hetero) is 1. The molecule has 0 unspecified atom stereocenters. The molecule has 3 aromatic rings. The van der Waals surface area contributed by atoms with Crippen molar-refractivity contribution in [2.24, 2.45) is 0 Å². The molecule has 3 aromatic carbocycles. The fourth-order valence-corrected chi connectivity index (χ4v) is 5.20. The van der Waals surface area contributed by atoms with E-state index < -0.39 is 5.25 Å². The van der Waals surface area contributed by atoms with Gasteiger partial charge in [-0.25, -0.2) is 5.32 Å². The van der Waals surface area contributed by atoms with Gasteiger partial charge in [-0.1, -0.05) is 64.5 Å². The average Bonchev–Trinajstić information content (AvgIpc) is 2.76. The van der Waals surface area contributed by atoms with Gasteiger partial charge < -0.3 is 5.11 Å². The molecular weight excluding hydrogens is 540 g/mol. The lowest BCUT2D eigenvalue weighted by Gasteiger charge is -2.14. The molecule has 0 heterocycles. The summed E-state index contributed by atoms with van der Waals surface area (Å²) in [4.78, 5) is 13.2. The Morgan fingerprint density at radius 2 is 1.68 bits per heavy atom. The lowest BCUT2D eigenvalue weighted by Crippen LogP contribution is -2.26. The van der Waals surface area contributed by atoms with Crippen molar-refractivity contribution in [3.8, 4) is 5.75 Å². The molecule has 0 aromatic heterocycles. The number of halogens is 2. The first-order chi connectivity index (χ1) is 14.8. The number of ketones is 1. The maximum atomic E-state index is 13.2. The van der Waals surface area contributed by atoms with Crippen molar-refractivity contribution in [3.63, 3.8) is 0 Å². The third kappa shape index (κ3) is 6.45. The minimum atomic E-state index is -0.420. The first-order valence-electron chi connectivity index (χ1n) is 9.68. The summed E-state index contributed by atoms with van der Waals surface area (Å²) in [5.41, 5.74) is 2.40. The summed E-state index contributed by atoms with van der Waals surface area (Å²) >= 11 is 8.13. The Bertz CT molecular complexity index is 1090. The van der Waals surface area contributed by atoms with Crippen LogP contribution < -0.4 is 5.32 Å². The summed E-state index contributed by atoms with van der Waals surface area (Å²) in [6.07, 6.45) is 0. The van der Waals surface area contributed by atoms with Crippen molar-refractivity contribution in [1.29, 1.82) is 0 Å². The number of benzene rings is 3. The van der Waals surface area contributed by atoms with Gasteiger partial charge in [0.1, 0.15) is 18.0 Å². The number of aromatic hydroxyl groups is 1. The summed E-state index contributed by atoms with van der Waals surface area (Å²) in [5.74, 6) is -0.194. The van der Waals surface area contributed by atoms with Crippen molar-refractivity contribution in [3.05, 3.63) is 92.9 Å². The average molecular weight is 563 g/mol. The van der Waals surface area contributed by atoms with E-state index in [1.54, 1.807) is 12.1 Å². The minimum Gasteiger partial charge on any atom is -0.506 e. The predicted molar refractivity (Wildman–Crippen MR) is 136 cm³/mol. The molecule has 0 spiro atoms. The maximum absolute atomic E-state index is 13.2. The number of phenols is 1. The van der Waals surface area contributed by atoms with E-state index in [2.05, 4.69) is 53.9 Å². The van der Waals surface area contributed by atoms with Crippen molar-refractivity contribution in [1.82, 2.24) is 0 Å². The van der Waals surface area contributed by atoms with Crippen LogP contribution in [0.1, 0.15) is 22.8 Å². The van der Waals surface area contributed by atoms with Crippen molar-refractivity contribution in [2.75, 3.05) is 12.4 Å². The number of anilines is 1. The number of nitrogens with zero attached hydrogens (tertiary/aromatic N) is 1. The highest BCUT2D eigenvalue weighted by atomic mass is 79.9. The SMILES string of the molecule is C[C@H](SC(Nc1ccccc1)=[N+](C)Cc1ccccc1)C(=O)c1cc(Br)cc(Br)c1O. The zero-order chi connectivity index (χ0) is 22.4. The second-order valence-electron chi connectivity index (χ2n) is 7.05. The van der Waals surface area contributed by atoms with Gasteiger partial charge in [0.05, 0.1) is 22.3 Å². The number of amidine groups is 1. The van der Waals surface area contributed by atoms with Crippen LogP contribution in [-0.4, -0.2) is 32.9 Å². The summed E-state index contributed by atoms with van der Waals surface area (Å²) in [6, 6.07) is 23.4. The van der Waals surface area contributed by atoms with Crippen LogP contribution in [0.15, 0.2) is 81.7 Å². The molecule has 4 nitrogen and oxygen atoms in total. The summed E-state index contributed by atoms with van der Waals surface area (Å²) in [5, 5.41) is 14.3. The maximum Gasteiger partial charge on any atom is 0.312 e. The van der Waals surface area contributed by atoms with Gasteiger partial charge in [0.2, 0.25) is 0 Å². The van der Waals surface area contributed by atoms with E-state index in [0.717, 1.165) is 15.3 Å². The lowest BCUT2D eigenvalue weighted by atomic mass is 10.1. The van der Waals surface area contributed by atoms with Crippen molar-refractivity contribution in [2.45, 2.75) is 18.7 Å². The van der Waals surface area contributed by atoms with Gasteiger partial charge in [-0.3, -0.25) is 9.37 Å². The van der Waals surface area contributed by atoms with E-state index in [9.17, 15) is 9.90 Å². The van der Waals surface area contributed by atoms with E-state index >= 15 is 0 Å². The van der Waals surface area contributed by atoms with Gasteiger partial charge in [-0.2, -0.15) is 0 Å². The van der Waals surface area contributed by atoms with Crippen LogP contribution in [0.25, 0.3) is 0 Å². The molecule has 0 aliphatic heterocycles. The van der Waals surface area contributed by atoms with Crippen LogP contribution in [0.4, 0.5) is 5.69 Å². The van der Waals surface area contributed by atoms with Crippen LogP contribution in [0, 0.1) is 0 Å². The first kappa shape index (κ1) is 23.6. The van der Waals surface area contributed by atoms with Crippen LogP contribution in [0.5, 0.6) is 5.75 Å². The monoisotopic (exact) mass is 561 g/mol. The molecule has 2 N–H and O–H groups in total. The number of rotatable bonds is 6. The lowest BCUT2D eigenvalue weighted by molar-refractivity contribution is -0.511. The second-order valence-corrected chi connectivity index (χ2v) is 10.1. The van der Waals surface area contributed by atoms with Gasteiger partial charge in [0.15, 0.2) is 5.78 Å². The number of phenolic OH excluding ortho intramolecular Hbond substituents is 1. The highest BCUT2D eigenvalue weighted by Crippen LogP contribution is 2.34. The Morgan fingerprint density at radius 3 is 2.32 bits per heavy atom. The number of carbonyl (C=O) groups excluding carboxylic acids is 1. The van der Waals surface area contributed by atoms with Gasteiger partial charge in [-0.05, 0) is 64.4 Å². The van der Waals surface area contributed by atoms with E-state index in [0.29, 0.717) is 11.0 Å². The highest BCUT2D eigenvalue weighted by Gasteiger charge is 2.26. The second kappa shape index (κ2) is 11.0. The number of hydrogen-bond donors (Lipinski definition) is 2. The number of thioether (sulfide) groups is 1. The number of para-hydroxylation sites is 1. The number of nitrogens with one attached hydrogen (secondary N) is 1. The molecule has 0 aliphatic rings. The topological polar surface area (TPSA) is 52.3 Å². The van der Waals surface area contributed by atoms with E-state index in [-0.39, 0.29) is 17.1 Å². The molecule has 1 atom stereocenters. The minimum absolute atomic E-state index is 0.0455. The van der Waals surface area contributed by atoms with Gasteiger partial charge in [0.25, 0.3) is 0 Å². The fraction of sp³-hybridized carbons (Fsp3) is 0.167. The molecule has 31 heavy (non-hydrogen) atoms. The number of carbonyl (C=O) groups is 1. The predicted octanol–water partition coefficient (Wildman–Crippen LogP) is 6.53. The molecule has 7 heteroatoms. The Kier molecular flexibility index (Phi) is 8.35. The molecule has 0 bridgehead atoms. The Hall–Kier alpha value is -2.09. The van der Waals surface area contributed by atoms with Crippen molar-refractivity contribution < 1.29 is 14.5 Å². The van der Waals surface area contributed by atoms with E-state index in [4.69, 9.17) is 0 Å². The molecule has 0 radical (unpaired) electrons. The van der Waals surface area contributed by atoms with Crippen LogP contribution in [0.3, 0.4) is 0 Å². The highest BCUT2D eigenvalue weighted by molar-refractivity contribution is 9.11. The van der Waals surface area contributed by atoms with Crippen LogP contribution >= 0.6 is 43.6 Å². The number of hydrogen-bond acceptors (Lipinski definition) is 3. The largest absolute Gasteiger partial charge is 0.506 e. The Balaban J connectivity index is 1.88. The van der Waals surface area contributed by atoms with Gasteiger partial charge in [-0.15, -0.1) is 0 Å². The molecule has 0 saturated carbocycles. The standard InChI is InChI=1S/C24H22Br2N2O2S/c1-16(22(29)20-13-18(25)14-21(26)23(20)30)31-24(27-19-11-7-4-8-12-19)28(2)15-17-9-5-3-6-10-17/h3-14,16H,15H2,1-2H3,(H,29,30)/p+1/t16-/m0/s1. The zero-order valence-corrected chi connectivity index (χ0v) is 21.2. The van der Waals surface area contributed by atoms with Crippen molar-refractivity contribution >= 4 is 60.3 Å². The van der Waals surface area contributed by atoms with Crippen LogP contribution in [-0.2, 0) is 6.54 Å². The Labute approximate surface area is 203 Å². The molecule has 3 rings (SSSR count). The molecule has 0 amide bonds. The summed E-state index contributed by atoms with van der Waals surface area (Å²) < 4.78 is 3.30. The first-order valence-corrected chi connectivity index (χ1v) is 12.1. The zero-order valence-electron chi connectivity index (χ0n) is 17.2. The van der Waals surface area contributed by atoms with Crippen LogP contribution in [0.2, 0.25) is 0 Å². The van der Waals surface area contributed by atoms with Gasteiger partial charge >= 0.3 is 5.17 Å². The van der Waals surface area contributed by atoms with Gasteiger partial charge in [0, 0.05) is 4.47 Å². The normalized spacial score (nSPS) is 12.8. The molecule has 0 saturated heterocycles. The molecule has 0 aliphatic carbocycles. The molecule has 160 valence electrons. The molecule has 0 fully saturated rings. The third-order valence-corrected chi connectivity index (χ3v) is 6.85. The quantitative estimate of drug-likeness (QED) is 0.155. The Morgan fingerprint density at radius 1 is 1.06 bits per heavy atom. The summed E-state index contributed by atoms with van der Waals surface area (Å²) in [6.45, 7) is 2.54. The van der Waals surface area contributed by atoms with E-state index in [1.807, 2.05) is 62.5 Å². The molecular formula is C24H23Br2N2O2S+. The third-order valence-electron chi connectivity index (χ3n) is 4.59.